The molecule has 1 aromatic carbocycles. The molecule has 1 N–H and O–H groups in total. The van der Waals surface area contributed by atoms with Crippen LogP contribution in [0.25, 0.3) is 0 Å². The number of amides is 2. The summed E-state index contributed by atoms with van der Waals surface area (Å²) in [6.07, 6.45) is 8.06. The van der Waals surface area contributed by atoms with E-state index in [1.165, 1.54) is 19.3 Å². The third-order valence-corrected chi connectivity index (χ3v) is 6.90. The van der Waals surface area contributed by atoms with Gasteiger partial charge in [-0.1, -0.05) is 49.6 Å². The van der Waals surface area contributed by atoms with Crippen molar-refractivity contribution in [3.63, 3.8) is 0 Å². The van der Waals surface area contributed by atoms with Crippen LogP contribution >= 0.6 is 0 Å². The van der Waals surface area contributed by atoms with Crippen molar-refractivity contribution in [2.24, 2.45) is 11.8 Å². The first-order valence-electron chi connectivity index (χ1n) is 11.1. The standard InChI is InChI=1S/C23H33N3O2/c27-22(24-17-18-7-2-1-3-8-18)21(19-9-4-5-10-19)25-13-15-26(16-14-25)23(28)20-11-6-12-20/h1-3,7-8,19-21H,4-6,9-17H2,(H,24,27)/t21-/m0/s1. The lowest BCUT2D eigenvalue weighted by Crippen LogP contribution is -2.58. The minimum atomic E-state index is -0.0489. The Labute approximate surface area is 168 Å². The first kappa shape index (κ1) is 19.4. The van der Waals surface area contributed by atoms with Crippen LogP contribution in [0.1, 0.15) is 50.5 Å². The molecule has 2 amide bonds. The first-order valence-corrected chi connectivity index (χ1v) is 11.1. The lowest BCUT2D eigenvalue weighted by atomic mass is 9.84. The van der Waals surface area contributed by atoms with Gasteiger partial charge < -0.3 is 10.2 Å². The number of hydrogen-bond acceptors (Lipinski definition) is 3. The third-order valence-electron chi connectivity index (χ3n) is 6.90. The minimum absolute atomic E-state index is 0.0489. The molecule has 2 aliphatic carbocycles. The molecule has 4 rings (SSSR count). The summed E-state index contributed by atoms with van der Waals surface area (Å²) in [7, 11) is 0. The van der Waals surface area contributed by atoms with Crippen LogP contribution in [-0.4, -0.2) is 53.8 Å². The van der Waals surface area contributed by atoms with Crippen LogP contribution in [0.15, 0.2) is 30.3 Å². The molecule has 3 aliphatic rings. The lowest BCUT2D eigenvalue weighted by Gasteiger charge is -2.42. The average Bonchev–Trinajstić information content (AvgIpc) is 3.21. The zero-order valence-corrected chi connectivity index (χ0v) is 16.8. The molecule has 1 aromatic rings. The Balaban J connectivity index is 1.36. The zero-order chi connectivity index (χ0) is 19.3. The normalized spacial score (nSPS) is 22.6. The minimum Gasteiger partial charge on any atom is -0.351 e. The average molecular weight is 384 g/mol. The lowest BCUT2D eigenvalue weighted by molar-refractivity contribution is -0.141. The molecule has 0 radical (unpaired) electrons. The van der Waals surface area contributed by atoms with E-state index in [9.17, 15) is 9.59 Å². The van der Waals surface area contributed by atoms with Gasteiger partial charge in [0.2, 0.25) is 11.8 Å². The topological polar surface area (TPSA) is 52.7 Å². The maximum atomic E-state index is 13.1. The highest BCUT2D eigenvalue weighted by Gasteiger charge is 2.38. The number of rotatable bonds is 6. The van der Waals surface area contributed by atoms with Gasteiger partial charge in [0.25, 0.3) is 0 Å². The number of carbonyl (C=O) groups is 2. The molecule has 0 aromatic heterocycles. The van der Waals surface area contributed by atoms with Gasteiger partial charge in [0.15, 0.2) is 0 Å². The van der Waals surface area contributed by atoms with E-state index in [0.29, 0.717) is 18.4 Å². The van der Waals surface area contributed by atoms with Crippen molar-refractivity contribution >= 4 is 11.8 Å². The highest BCUT2D eigenvalue weighted by atomic mass is 16.2. The molecule has 152 valence electrons. The Hall–Kier alpha value is -1.88. The Morgan fingerprint density at radius 3 is 2.21 bits per heavy atom. The summed E-state index contributed by atoms with van der Waals surface area (Å²) in [5.74, 6) is 1.22. The van der Waals surface area contributed by atoms with E-state index < -0.39 is 0 Å². The fourth-order valence-corrected chi connectivity index (χ4v) is 4.97. The summed E-state index contributed by atoms with van der Waals surface area (Å²) in [6, 6.07) is 10.1. The maximum Gasteiger partial charge on any atom is 0.237 e. The van der Waals surface area contributed by atoms with Crippen LogP contribution in [0.4, 0.5) is 0 Å². The highest BCUT2D eigenvalue weighted by molar-refractivity contribution is 5.82. The molecule has 3 fully saturated rings. The molecule has 5 nitrogen and oxygen atoms in total. The summed E-state index contributed by atoms with van der Waals surface area (Å²) in [4.78, 5) is 30.1. The van der Waals surface area contributed by atoms with Crippen molar-refractivity contribution in [1.82, 2.24) is 15.1 Å². The summed E-state index contributed by atoms with van der Waals surface area (Å²) in [5.41, 5.74) is 1.14. The van der Waals surface area contributed by atoms with Crippen LogP contribution < -0.4 is 5.32 Å². The fourth-order valence-electron chi connectivity index (χ4n) is 4.97. The number of hydrogen-bond donors (Lipinski definition) is 1. The van der Waals surface area contributed by atoms with Crippen LogP contribution in [0.3, 0.4) is 0 Å². The third kappa shape index (κ3) is 4.40. The molecule has 5 heteroatoms. The predicted molar refractivity (Wildman–Crippen MR) is 110 cm³/mol. The van der Waals surface area contributed by atoms with Gasteiger partial charge in [-0.3, -0.25) is 14.5 Å². The Morgan fingerprint density at radius 1 is 0.929 bits per heavy atom. The van der Waals surface area contributed by atoms with Crippen LogP contribution in [0.2, 0.25) is 0 Å². The van der Waals surface area contributed by atoms with Gasteiger partial charge in [0.05, 0.1) is 6.04 Å². The highest BCUT2D eigenvalue weighted by Crippen LogP contribution is 2.32. The van der Waals surface area contributed by atoms with E-state index in [2.05, 4.69) is 22.3 Å². The molecule has 0 unspecified atom stereocenters. The molecular formula is C23H33N3O2. The van der Waals surface area contributed by atoms with Crippen molar-refractivity contribution < 1.29 is 9.59 Å². The second kappa shape index (κ2) is 9.08. The number of nitrogens with zero attached hydrogens (tertiary/aromatic N) is 2. The van der Waals surface area contributed by atoms with Crippen molar-refractivity contribution in [2.75, 3.05) is 26.2 Å². The Kier molecular flexibility index (Phi) is 6.30. The van der Waals surface area contributed by atoms with Crippen LogP contribution in [0, 0.1) is 11.8 Å². The second-order valence-corrected chi connectivity index (χ2v) is 8.68. The second-order valence-electron chi connectivity index (χ2n) is 8.68. The van der Waals surface area contributed by atoms with Crippen molar-refractivity contribution in [3.05, 3.63) is 35.9 Å². The monoisotopic (exact) mass is 383 g/mol. The Bertz CT molecular complexity index is 660. The van der Waals surface area contributed by atoms with Crippen molar-refractivity contribution in [2.45, 2.75) is 57.5 Å². The van der Waals surface area contributed by atoms with E-state index in [1.54, 1.807) is 0 Å². The molecule has 1 atom stereocenters. The van der Waals surface area contributed by atoms with E-state index in [-0.39, 0.29) is 17.9 Å². The number of benzene rings is 1. The first-order chi connectivity index (χ1) is 13.7. The molecule has 1 saturated heterocycles. The summed E-state index contributed by atoms with van der Waals surface area (Å²) in [6.45, 7) is 3.76. The number of piperazine rings is 1. The van der Waals surface area contributed by atoms with Crippen molar-refractivity contribution in [1.29, 1.82) is 0 Å². The van der Waals surface area contributed by atoms with Gasteiger partial charge in [-0.2, -0.15) is 0 Å². The van der Waals surface area contributed by atoms with E-state index in [0.717, 1.165) is 57.4 Å². The molecule has 1 aliphatic heterocycles. The quantitative estimate of drug-likeness (QED) is 0.822. The van der Waals surface area contributed by atoms with Crippen molar-refractivity contribution in [3.8, 4) is 0 Å². The SMILES string of the molecule is O=C(NCc1ccccc1)[C@H](C1CCCC1)N1CCN(C(=O)C2CCC2)CC1. The van der Waals surface area contributed by atoms with Gasteiger partial charge in [-0.05, 0) is 37.2 Å². The molecule has 1 heterocycles. The summed E-state index contributed by atoms with van der Waals surface area (Å²) >= 11 is 0. The van der Waals surface area contributed by atoms with Gasteiger partial charge >= 0.3 is 0 Å². The van der Waals surface area contributed by atoms with Gasteiger partial charge in [-0.25, -0.2) is 0 Å². The van der Waals surface area contributed by atoms with Gasteiger partial charge in [-0.15, -0.1) is 0 Å². The smallest absolute Gasteiger partial charge is 0.237 e. The largest absolute Gasteiger partial charge is 0.351 e. The zero-order valence-electron chi connectivity index (χ0n) is 16.8. The maximum absolute atomic E-state index is 13.1. The van der Waals surface area contributed by atoms with Gasteiger partial charge in [0.1, 0.15) is 0 Å². The fraction of sp³-hybridized carbons (Fsp3) is 0.652. The van der Waals surface area contributed by atoms with E-state index in [1.807, 2.05) is 23.1 Å². The number of carbonyl (C=O) groups excluding carboxylic acids is 2. The van der Waals surface area contributed by atoms with E-state index in [4.69, 9.17) is 0 Å². The van der Waals surface area contributed by atoms with Crippen LogP contribution in [-0.2, 0) is 16.1 Å². The predicted octanol–water partition coefficient (Wildman–Crippen LogP) is 2.81. The summed E-state index contributed by atoms with van der Waals surface area (Å²) in [5, 5.41) is 3.18. The molecule has 28 heavy (non-hydrogen) atoms. The summed E-state index contributed by atoms with van der Waals surface area (Å²) < 4.78 is 0. The molecule has 2 saturated carbocycles. The molecule has 0 spiro atoms. The number of nitrogens with one attached hydrogen (secondary N) is 1. The van der Waals surface area contributed by atoms with Gasteiger partial charge in [0, 0.05) is 38.6 Å². The molecular weight excluding hydrogens is 350 g/mol. The molecule has 0 bridgehead atoms. The van der Waals surface area contributed by atoms with Crippen LogP contribution in [0.5, 0.6) is 0 Å². The Morgan fingerprint density at radius 2 is 1.61 bits per heavy atom. The van der Waals surface area contributed by atoms with E-state index >= 15 is 0 Å².